The molecule has 3 aromatic rings. The Kier molecular flexibility index (Phi) is 3.23. The first-order valence-corrected chi connectivity index (χ1v) is 6.41. The Morgan fingerprint density at radius 1 is 1.38 bits per heavy atom. The van der Waals surface area contributed by atoms with Crippen LogP contribution in [-0.4, -0.2) is 20.1 Å². The van der Waals surface area contributed by atoms with E-state index >= 15 is 0 Å². The Labute approximate surface area is 120 Å². The van der Waals surface area contributed by atoms with Gasteiger partial charge in [-0.05, 0) is 31.2 Å². The van der Waals surface area contributed by atoms with Crippen LogP contribution < -0.4 is 5.32 Å². The maximum atomic E-state index is 11.4. The van der Waals surface area contributed by atoms with E-state index in [2.05, 4.69) is 20.5 Å². The number of rotatable bonds is 4. The Morgan fingerprint density at radius 2 is 2.24 bits per heavy atom. The molecule has 0 radical (unpaired) electrons. The number of H-pyrrole nitrogens is 1. The quantitative estimate of drug-likeness (QED) is 0.567. The van der Waals surface area contributed by atoms with Gasteiger partial charge in [0.25, 0.3) is 0 Å². The first kappa shape index (κ1) is 13.0. The number of aromatic amines is 1. The highest BCUT2D eigenvalue weighted by Crippen LogP contribution is 2.32. The molecule has 21 heavy (non-hydrogen) atoms. The number of anilines is 1. The molecule has 7 heteroatoms. The van der Waals surface area contributed by atoms with E-state index in [1.807, 2.05) is 6.92 Å². The molecule has 2 N–H and O–H groups in total. The van der Waals surface area contributed by atoms with E-state index in [-0.39, 0.29) is 10.6 Å². The van der Waals surface area contributed by atoms with E-state index in [4.69, 9.17) is 0 Å². The van der Waals surface area contributed by atoms with Crippen LogP contribution in [0.2, 0.25) is 0 Å². The number of benzene rings is 1. The molecule has 0 fully saturated rings. The number of nitro groups is 1. The lowest BCUT2D eigenvalue weighted by molar-refractivity contribution is -0.382. The molecule has 0 aliphatic heterocycles. The van der Waals surface area contributed by atoms with E-state index in [1.165, 1.54) is 0 Å². The van der Waals surface area contributed by atoms with Crippen LogP contribution in [0.15, 0.2) is 36.7 Å². The molecular weight excluding hydrogens is 270 g/mol. The fourth-order valence-corrected chi connectivity index (χ4v) is 2.22. The number of hydrogen-bond donors (Lipinski definition) is 2. The number of aryl methyl sites for hydroxylation is 1. The van der Waals surface area contributed by atoms with E-state index in [9.17, 15) is 10.1 Å². The predicted molar refractivity (Wildman–Crippen MR) is 79.0 cm³/mol. The fourth-order valence-electron chi connectivity index (χ4n) is 2.22. The molecule has 0 aliphatic rings. The van der Waals surface area contributed by atoms with Gasteiger partial charge in [0.2, 0.25) is 0 Å². The number of nitrogens with one attached hydrogen (secondary N) is 2. The summed E-state index contributed by atoms with van der Waals surface area (Å²) < 4.78 is 0. The largest absolute Gasteiger partial charge is 0.375 e. The summed E-state index contributed by atoms with van der Waals surface area (Å²) in [6, 6.07) is 6.85. The van der Waals surface area contributed by atoms with Crippen LogP contribution >= 0.6 is 0 Å². The highest BCUT2D eigenvalue weighted by Gasteiger charge is 2.18. The molecule has 0 amide bonds. The van der Waals surface area contributed by atoms with Crippen LogP contribution in [0.5, 0.6) is 0 Å². The third-order valence-corrected chi connectivity index (χ3v) is 3.34. The van der Waals surface area contributed by atoms with Crippen molar-refractivity contribution in [3.8, 4) is 0 Å². The molecule has 7 nitrogen and oxygen atoms in total. The van der Waals surface area contributed by atoms with Crippen molar-refractivity contribution in [2.24, 2.45) is 0 Å². The zero-order chi connectivity index (χ0) is 14.8. The summed E-state index contributed by atoms with van der Waals surface area (Å²) in [4.78, 5) is 15.1. The Bertz CT molecular complexity index is 812. The molecule has 2 heterocycles. The van der Waals surface area contributed by atoms with Crippen molar-refractivity contribution in [2.45, 2.75) is 13.5 Å². The van der Waals surface area contributed by atoms with Crippen molar-refractivity contribution < 1.29 is 4.92 Å². The summed E-state index contributed by atoms with van der Waals surface area (Å²) in [6.07, 6.45) is 3.32. The van der Waals surface area contributed by atoms with Crippen molar-refractivity contribution >= 4 is 22.3 Å². The normalized spacial score (nSPS) is 10.7. The molecule has 2 aromatic heterocycles. The Balaban J connectivity index is 2.00. The first-order chi connectivity index (χ1) is 10.2. The predicted octanol–water partition coefficient (Wildman–Crippen LogP) is 2.79. The van der Waals surface area contributed by atoms with E-state index in [1.54, 1.807) is 36.7 Å². The average molecular weight is 283 g/mol. The highest BCUT2D eigenvalue weighted by atomic mass is 16.6. The molecule has 3 rings (SSSR count). The lowest BCUT2D eigenvalue weighted by atomic mass is 10.1. The minimum atomic E-state index is -0.380. The maximum absolute atomic E-state index is 11.4. The van der Waals surface area contributed by atoms with Crippen LogP contribution in [0.25, 0.3) is 10.9 Å². The van der Waals surface area contributed by atoms with Gasteiger partial charge in [-0.2, -0.15) is 5.10 Å². The van der Waals surface area contributed by atoms with Gasteiger partial charge in [0.1, 0.15) is 5.69 Å². The first-order valence-electron chi connectivity index (χ1n) is 6.41. The topological polar surface area (TPSA) is 96.7 Å². The van der Waals surface area contributed by atoms with Gasteiger partial charge in [-0.3, -0.25) is 20.2 Å². The van der Waals surface area contributed by atoms with Crippen molar-refractivity contribution in [1.29, 1.82) is 0 Å². The standard InChI is InChI=1S/C14H13N5O2/c1-9-10(8-17-18-9)7-16-13-5-4-12-11(3-2-6-15-12)14(13)19(20)21/h2-6,8,16H,7H2,1H3,(H,17,18). The van der Waals surface area contributed by atoms with Gasteiger partial charge in [0.05, 0.1) is 22.0 Å². The fraction of sp³-hybridized carbons (Fsp3) is 0.143. The lowest BCUT2D eigenvalue weighted by Gasteiger charge is -2.08. The van der Waals surface area contributed by atoms with Crippen LogP contribution in [0.1, 0.15) is 11.3 Å². The zero-order valence-corrected chi connectivity index (χ0v) is 11.3. The van der Waals surface area contributed by atoms with Crippen LogP contribution in [0.4, 0.5) is 11.4 Å². The molecule has 1 aromatic carbocycles. The van der Waals surface area contributed by atoms with Crippen molar-refractivity contribution in [3.05, 3.63) is 58.0 Å². The lowest BCUT2D eigenvalue weighted by Crippen LogP contribution is -2.03. The van der Waals surface area contributed by atoms with Gasteiger partial charge in [-0.25, -0.2) is 0 Å². The molecule has 0 spiro atoms. The molecule has 0 unspecified atom stereocenters. The zero-order valence-electron chi connectivity index (χ0n) is 11.3. The summed E-state index contributed by atoms with van der Waals surface area (Å²) in [7, 11) is 0. The van der Waals surface area contributed by atoms with Gasteiger partial charge in [0, 0.05) is 24.0 Å². The number of fused-ring (bicyclic) bond motifs is 1. The van der Waals surface area contributed by atoms with E-state index in [0.29, 0.717) is 23.1 Å². The molecule has 0 saturated heterocycles. The van der Waals surface area contributed by atoms with Crippen molar-refractivity contribution in [2.75, 3.05) is 5.32 Å². The van der Waals surface area contributed by atoms with Crippen LogP contribution in [0, 0.1) is 17.0 Å². The summed E-state index contributed by atoms with van der Waals surface area (Å²) in [5.74, 6) is 0. The molecule has 0 bridgehead atoms. The molecule has 0 saturated carbocycles. The van der Waals surface area contributed by atoms with E-state index < -0.39 is 0 Å². The SMILES string of the molecule is Cc1[nH]ncc1CNc1ccc2ncccc2c1[N+](=O)[O-]. The van der Waals surface area contributed by atoms with Crippen LogP contribution in [0.3, 0.4) is 0 Å². The smallest absolute Gasteiger partial charge is 0.301 e. The summed E-state index contributed by atoms with van der Waals surface area (Å²) >= 11 is 0. The summed E-state index contributed by atoms with van der Waals surface area (Å²) in [5.41, 5.74) is 3.03. The molecular formula is C14H13N5O2. The molecule has 106 valence electrons. The monoisotopic (exact) mass is 283 g/mol. The van der Waals surface area contributed by atoms with Crippen molar-refractivity contribution in [1.82, 2.24) is 15.2 Å². The second kappa shape index (κ2) is 5.20. The third kappa shape index (κ3) is 2.40. The number of aromatic nitrogens is 3. The minimum Gasteiger partial charge on any atom is -0.375 e. The van der Waals surface area contributed by atoms with Gasteiger partial charge in [-0.15, -0.1) is 0 Å². The third-order valence-electron chi connectivity index (χ3n) is 3.34. The second-order valence-electron chi connectivity index (χ2n) is 4.66. The van der Waals surface area contributed by atoms with Gasteiger partial charge >= 0.3 is 5.69 Å². The number of nitro benzene ring substituents is 1. The van der Waals surface area contributed by atoms with Gasteiger partial charge in [-0.1, -0.05) is 0 Å². The maximum Gasteiger partial charge on any atom is 0.301 e. The minimum absolute atomic E-state index is 0.0433. The van der Waals surface area contributed by atoms with Crippen molar-refractivity contribution in [3.63, 3.8) is 0 Å². The summed E-state index contributed by atoms with van der Waals surface area (Å²) in [6.45, 7) is 2.37. The highest BCUT2D eigenvalue weighted by molar-refractivity contribution is 5.94. The Hall–Kier alpha value is -2.96. The van der Waals surface area contributed by atoms with E-state index in [0.717, 1.165) is 11.3 Å². The van der Waals surface area contributed by atoms with Crippen LogP contribution in [-0.2, 0) is 6.54 Å². The molecule has 0 atom stereocenters. The number of hydrogen-bond acceptors (Lipinski definition) is 5. The summed E-state index contributed by atoms with van der Waals surface area (Å²) in [5, 5.41) is 21.8. The van der Waals surface area contributed by atoms with Gasteiger partial charge < -0.3 is 5.32 Å². The number of nitrogens with zero attached hydrogens (tertiary/aromatic N) is 3. The average Bonchev–Trinajstić information content (AvgIpc) is 2.89. The Morgan fingerprint density at radius 3 is 2.95 bits per heavy atom. The number of pyridine rings is 1. The molecule has 0 aliphatic carbocycles. The van der Waals surface area contributed by atoms with Gasteiger partial charge in [0.15, 0.2) is 0 Å². The second-order valence-corrected chi connectivity index (χ2v) is 4.66.